The number of ether oxygens (including phenoxy) is 2. The maximum absolute atomic E-state index is 14.9. The van der Waals surface area contributed by atoms with E-state index in [1.165, 1.54) is 40.4 Å². The van der Waals surface area contributed by atoms with Crippen LogP contribution in [0.15, 0.2) is 95.4 Å². The summed E-state index contributed by atoms with van der Waals surface area (Å²) in [7, 11) is 0. The molecule has 2 fully saturated rings. The molecule has 4 unspecified atom stereocenters. The topological polar surface area (TPSA) is 116 Å². The van der Waals surface area contributed by atoms with Crippen LogP contribution in [0.5, 0.6) is 0 Å². The van der Waals surface area contributed by atoms with Crippen LogP contribution in [0.3, 0.4) is 0 Å². The molecule has 5 aromatic rings. The minimum atomic E-state index is -1.17. The highest BCUT2D eigenvalue weighted by molar-refractivity contribution is 7.99. The minimum Gasteiger partial charge on any atom is -0.391 e. The number of hydrogen-bond acceptors (Lipinski definition) is 10. The number of aromatic nitrogens is 6. The Labute approximate surface area is 298 Å². The summed E-state index contributed by atoms with van der Waals surface area (Å²) in [5, 5.41) is 18.5. The van der Waals surface area contributed by atoms with Crippen LogP contribution < -0.4 is 15.5 Å². The predicted molar refractivity (Wildman–Crippen MR) is 189 cm³/mol. The molecule has 3 aromatic carbocycles. The lowest BCUT2D eigenvalue weighted by Crippen LogP contribution is -2.46. The zero-order valence-electron chi connectivity index (χ0n) is 28.4. The largest absolute Gasteiger partial charge is 0.391 e. The molecular weight excluding hydrogens is 679 g/mol. The second kappa shape index (κ2) is 15.0. The van der Waals surface area contributed by atoms with E-state index in [9.17, 15) is 18.7 Å². The lowest BCUT2D eigenvalue weighted by Gasteiger charge is -2.37. The van der Waals surface area contributed by atoms with Gasteiger partial charge in [0.1, 0.15) is 36.2 Å². The van der Waals surface area contributed by atoms with Gasteiger partial charge in [0.15, 0.2) is 6.29 Å². The van der Waals surface area contributed by atoms with Crippen LogP contribution in [0.25, 0.3) is 5.69 Å². The van der Waals surface area contributed by atoms with E-state index in [0.29, 0.717) is 12.2 Å². The number of anilines is 2. The van der Waals surface area contributed by atoms with E-state index < -0.39 is 29.6 Å². The molecule has 51 heavy (non-hydrogen) atoms. The normalized spacial score (nSPS) is 20.5. The van der Waals surface area contributed by atoms with E-state index in [1.54, 1.807) is 23.4 Å². The first-order valence-electron chi connectivity index (χ1n) is 17.0. The number of thioether (sulfide) groups is 1. The molecule has 2 aliphatic rings. The highest BCUT2D eigenvalue weighted by Crippen LogP contribution is 2.39. The first-order chi connectivity index (χ1) is 24.7. The molecular formula is C36H40F2N8O4S. The molecule has 0 radical (unpaired) electrons. The standard InChI is InChI=1S/C36H40F2N8O4S/c1-3-33(25(2)47)46-35(48)45(24-41-46)29-7-5-27(6-8-29)42-14-16-43(17-15-42)28-9-11-30(12-10-28)51-19-34-49-21-36(50-34,20-44-23-39-22-40-44)31-13-4-26(37)18-32(31)38/h4-13,18,22-25,33-34,47H,3,14-17,19-21H2,1-2H3. The molecule has 0 saturated carbocycles. The average Bonchev–Trinajstić information content (AvgIpc) is 3.90. The van der Waals surface area contributed by atoms with Crippen LogP contribution in [0.2, 0.25) is 0 Å². The fourth-order valence-corrected chi connectivity index (χ4v) is 7.60. The summed E-state index contributed by atoms with van der Waals surface area (Å²) in [5.74, 6) is -0.870. The van der Waals surface area contributed by atoms with Crippen molar-refractivity contribution in [3.63, 3.8) is 0 Å². The number of rotatable bonds is 12. The quantitative estimate of drug-likeness (QED) is 0.183. The Kier molecular flexibility index (Phi) is 10.2. The van der Waals surface area contributed by atoms with Gasteiger partial charge in [-0.2, -0.15) is 10.2 Å². The molecule has 2 saturated heterocycles. The zero-order chi connectivity index (χ0) is 35.5. The molecule has 0 spiro atoms. The molecule has 12 nitrogen and oxygen atoms in total. The van der Waals surface area contributed by atoms with Gasteiger partial charge in [-0.05, 0) is 67.9 Å². The second-order valence-corrected chi connectivity index (χ2v) is 13.9. The van der Waals surface area contributed by atoms with Crippen molar-refractivity contribution >= 4 is 23.1 Å². The predicted octanol–water partition coefficient (Wildman–Crippen LogP) is 4.62. The molecule has 2 aromatic heterocycles. The monoisotopic (exact) mass is 718 g/mol. The van der Waals surface area contributed by atoms with Gasteiger partial charge >= 0.3 is 5.69 Å². The number of aliphatic hydroxyl groups excluding tert-OH is 1. The lowest BCUT2D eigenvalue weighted by atomic mass is 9.94. The van der Waals surface area contributed by atoms with E-state index in [0.717, 1.165) is 54.2 Å². The Bertz CT molecular complexity index is 1960. The van der Waals surface area contributed by atoms with Crippen molar-refractivity contribution in [2.45, 2.75) is 55.7 Å². The molecule has 1 N–H and O–H groups in total. The summed E-state index contributed by atoms with van der Waals surface area (Å²) in [6.07, 6.45) is 3.75. The zero-order valence-corrected chi connectivity index (χ0v) is 29.2. The van der Waals surface area contributed by atoms with E-state index in [1.807, 2.05) is 31.2 Å². The Morgan fingerprint density at radius 1 is 0.941 bits per heavy atom. The molecule has 15 heteroatoms. The fraction of sp³-hybridized carbons (Fsp3) is 0.389. The Morgan fingerprint density at radius 3 is 2.22 bits per heavy atom. The maximum atomic E-state index is 14.9. The summed E-state index contributed by atoms with van der Waals surface area (Å²) >= 11 is 1.58. The smallest absolute Gasteiger partial charge is 0.350 e. The summed E-state index contributed by atoms with van der Waals surface area (Å²) in [6, 6.07) is 19.4. The summed E-state index contributed by atoms with van der Waals surface area (Å²) in [6.45, 7) is 7.26. The third-order valence-corrected chi connectivity index (χ3v) is 10.6. The molecule has 2 aliphatic heterocycles. The van der Waals surface area contributed by atoms with Gasteiger partial charge in [-0.3, -0.25) is 0 Å². The van der Waals surface area contributed by atoms with Crippen molar-refractivity contribution < 1.29 is 23.4 Å². The Balaban J connectivity index is 0.923. The molecule has 0 amide bonds. The summed E-state index contributed by atoms with van der Waals surface area (Å²) < 4.78 is 45.4. The van der Waals surface area contributed by atoms with Crippen molar-refractivity contribution in [3.8, 4) is 5.69 Å². The number of benzene rings is 3. The average molecular weight is 719 g/mol. The molecule has 4 atom stereocenters. The van der Waals surface area contributed by atoms with Gasteiger partial charge in [-0.1, -0.05) is 13.0 Å². The first kappa shape index (κ1) is 34.9. The van der Waals surface area contributed by atoms with Crippen molar-refractivity contribution in [1.29, 1.82) is 0 Å². The van der Waals surface area contributed by atoms with Crippen LogP contribution in [-0.2, 0) is 21.6 Å². The Morgan fingerprint density at radius 2 is 1.61 bits per heavy atom. The van der Waals surface area contributed by atoms with Crippen molar-refractivity contribution in [2.75, 3.05) is 48.3 Å². The van der Waals surface area contributed by atoms with E-state index >= 15 is 0 Å². The number of piperazine rings is 1. The van der Waals surface area contributed by atoms with Gasteiger partial charge < -0.3 is 24.4 Å². The molecule has 268 valence electrons. The van der Waals surface area contributed by atoms with Crippen molar-refractivity contribution in [3.05, 3.63) is 113 Å². The minimum absolute atomic E-state index is 0.0889. The van der Waals surface area contributed by atoms with Gasteiger partial charge in [0.25, 0.3) is 0 Å². The van der Waals surface area contributed by atoms with E-state index in [2.05, 4.69) is 49.2 Å². The van der Waals surface area contributed by atoms with Crippen molar-refractivity contribution in [1.82, 2.24) is 29.1 Å². The fourth-order valence-electron chi connectivity index (χ4n) is 6.78. The first-order valence-corrected chi connectivity index (χ1v) is 18.0. The SMILES string of the molecule is CCC(C(C)O)n1ncn(-c2ccc(N3CCN(c4ccc(SCC5OCC(Cn6cncn6)(c6ccc(F)cc6F)O5)cc4)CC3)cc2)c1=O. The maximum Gasteiger partial charge on any atom is 0.350 e. The summed E-state index contributed by atoms with van der Waals surface area (Å²) in [4.78, 5) is 22.7. The molecule has 7 rings (SSSR count). The van der Waals surface area contributed by atoms with E-state index in [-0.39, 0.29) is 30.4 Å². The second-order valence-electron chi connectivity index (χ2n) is 12.8. The number of nitrogens with zero attached hydrogens (tertiary/aromatic N) is 8. The number of halogens is 2. The third-order valence-electron chi connectivity index (χ3n) is 9.51. The number of aliphatic hydroxyl groups is 1. The molecule has 0 bridgehead atoms. The van der Waals surface area contributed by atoms with Gasteiger partial charge in [0.05, 0.1) is 31.0 Å². The molecule has 0 aliphatic carbocycles. The van der Waals surface area contributed by atoms with Crippen LogP contribution in [0.4, 0.5) is 20.2 Å². The number of hydrogen-bond donors (Lipinski definition) is 1. The van der Waals surface area contributed by atoms with Crippen LogP contribution in [-0.4, -0.2) is 85.2 Å². The third kappa shape index (κ3) is 7.42. The molecule has 4 heterocycles. The van der Waals surface area contributed by atoms with Gasteiger partial charge in [-0.25, -0.2) is 32.5 Å². The highest BCUT2D eigenvalue weighted by Gasteiger charge is 2.45. The van der Waals surface area contributed by atoms with Crippen LogP contribution in [0.1, 0.15) is 31.9 Å². The highest BCUT2D eigenvalue weighted by atomic mass is 32.2. The van der Waals surface area contributed by atoms with Gasteiger partial charge in [0, 0.05) is 59.8 Å². The van der Waals surface area contributed by atoms with Crippen molar-refractivity contribution in [2.24, 2.45) is 0 Å². The van der Waals surface area contributed by atoms with Gasteiger partial charge in [0.2, 0.25) is 0 Å². The summed E-state index contributed by atoms with van der Waals surface area (Å²) in [5.41, 5.74) is 1.73. The van der Waals surface area contributed by atoms with Crippen LogP contribution >= 0.6 is 11.8 Å². The van der Waals surface area contributed by atoms with Crippen LogP contribution in [0, 0.1) is 11.6 Å². The lowest BCUT2D eigenvalue weighted by molar-refractivity contribution is -0.0848. The Hall–Kier alpha value is -4.57. The van der Waals surface area contributed by atoms with E-state index in [4.69, 9.17) is 9.47 Å². The van der Waals surface area contributed by atoms with Gasteiger partial charge in [-0.15, -0.1) is 11.8 Å².